The van der Waals surface area contributed by atoms with Gasteiger partial charge in [0.2, 0.25) is 11.8 Å². The van der Waals surface area contributed by atoms with Crippen LogP contribution in [-0.2, 0) is 19.1 Å². The number of carbonyl (C=O) groups is 3. The highest BCUT2D eigenvalue weighted by Gasteiger charge is 2.66. The average Bonchev–Trinajstić information content (AvgIpc) is 3.02. The minimum atomic E-state index is -1.39. The number of benzene rings is 1. The summed E-state index contributed by atoms with van der Waals surface area (Å²) in [6, 6.07) is 5.28. The molecule has 2 heterocycles. The summed E-state index contributed by atoms with van der Waals surface area (Å²) >= 11 is 0. The van der Waals surface area contributed by atoms with Crippen LogP contribution in [0.2, 0.25) is 0 Å². The normalized spacial score (nSPS) is 32.2. The summed E-state index contributed by atoms with van der Waals surface area (Å²) in [5.41, 5.74) is -1.12. The van der Waals surface area contributed by atoms with Crippen molar-refractivity contribution in [2.45, 2.75) is 25.4 Å². The summed E-state index contributed by atoms with van der Waals surface area (Å²) in [6.07, 6.45) is 0. The third-order valence-corrected chi connectivity index (χ3v) is 5.04. The first-order chi connectivity index (χ1) is 11.4. The monoisotopic (exact) mass is 334 g/mol. The summed E-state index contributed by atoms with van der Waals surface area (Å²) in [7, 11) is 1.22. The maximum Gasteiger partial charge on any atom is 0.326 e. The number of methoxy groups -OCH3 is 1. The molecular formula is C17H19FN2O4. The Bertz CT molecular complexity index is 722. The van der Waals surface area contributed by atoms with Crippen molar-refractivity contribution in [3.8, 4) is 0 Å². The Kier molecular flexibility index (Phi) is 3.91. The summed E-state index contributed by atoms with van der Waals surface area (Å²) in [6.45, 7) is 3.44. The van der Waals surface area contributed by atoms with Crippen LogP contribution >= 0.6 is 0 Å². The van der Waals surface area contributed by atoms with Crippen LogP contribution in [0.15, 0.2) is 24.3 Å². The number of nitrogens with zero attached hydrogens (tertiary/aromatic N) is 1. The molecule has 2 amide bonds. The van der Waals surface area contributed by atoms with Crippen molar-refractivity contribution in [2.24, 2.45) is 11.8 Å². The zero-order valence-corrected chi connectivity index (χ0v) is 13.7. The standard InChI is InChI=1S/C17H19FN2O4/c1-4-20-14(21)11-12(15(20)22)17(2,16(23)24-3)19-13(11)9-7-5-6-8-10(9)18/h5-8,11-13,19H,4H2,1-3H3/t11-,12-,13-,17-/m0/s1. The van der Waals surface area contributed by atoms with E-state index in [0.29, 0.717) is 0 Å². The Morgan fingerprint density at radius 1 is 1.33 bits per heavy atom. The van der Waals surface area contributed by atoms with Crippen molar-refractivity contribution in [2.75, 3.05) is 13.7 Å². The van der Waals surface area contributed by atoms with Gasteiger partial charge in [0.1, 0.15) is 11.4 Å². The largest absolute Gasteiger partial charge is 0.468 e. The molecule has 1 N–H and O–H groups in total. The Balaban J connectivity index is 2.13. The van der Waals surface area contributed by atoms with Crippen LogP contribution in [0.4, 0.5) is 4.39 Å². The first-order valence-corrected chi connectivity index (χ1v) is 7.82. The maximum absolute atomic E-state index is 14.3. The number of hydrogen-bond acceptors (Lipinski definition) is 5. The molecule has 2 fully saturated rings. The van der Waals surface area contributed by atoms with Gasteiger partial charge in [0.05, 0.1) is 18.9 Å². The zero-order valence-electron chi connectivity index (χ0n) is 13.7. The fourth-order valence-corrected chi connectivity index (χ4v) is 3.90. The Morgan fingerprint density at radius 3 is 2.58 bits per heavy atom. The first kappa shape index (κ1) is 16.6. The Labute approximate surface area is 139 Å². The predicted octanol–water partition coefficient (Wildman–Crippen LogP) is 1.02. The van der Waals surface area contributed by atoms with Crippen LogP contribution in [0.25, 0.3) is 0 Å². The smallest absolute Gasteiger partial charge is 0.326 e. The van der Waals surface area contributed by atoms with Crippen molar-refractivity contribution in [3.05, 3.63) is 35.6 Å². The summed E-state index contributed by atoms with van der Waals surface area (Å²) in [4.78, 5) is 38.9. The van der Waals surface area contributed by atoms with Gasteiger partial charge in [0, 0.05) is 18.2 Å². The van der Waals surface area contributed by atoms with Gasteiger partial charge in [-0.25, -0.2) is 4.39 Å². The van der Waals surface area contributed by atoms with E-state index in [9.17, 15) is 18.8 Å². The molecule has 0 unspecified atom stereocenters. The van der Waals surface area contributed by atoms with E-state index in [1.54, 1.807) is 25.1 Å². The second-order valence-corrected chi connectivity index (χ2v) is 6.26. The van der Waals surface area contributed by atoms with E-state index in [2.05, 4.69) is 5.32 Å². The fourth-order valence-electron chi connectivity index (χ4n) is 3.90. The van der Waals surface area contributed by atoms with Gasteiger partial charge in [-0.15, -0.1) is 0 Å². The second-order valence-electron chi connectivity index (χ2n) is 6.26. The summed E-state index contributed by atoms with van der Waals surface area (Å²) in [5, 5.41) is 3.00. The molecule has 7 heteroatoms. The van der Waals surface area contributed by atoms with Crippen LogP contribution in [0.5, 0.6) is 0 Å². The van der Waals surface area contributed by atoms with Crippen LogP contribution < -0.4 is 5.32 Å². The molecule has 128 valence electrons. The topological polar surface area (TPSA) is 75.7 Å². The van der Waals surface area contributed by atoms with Crippen LogP contribution in [-0.4, -0.2) is 41.9 Å². The van der Waals surface area contributed by atoms with E-state index in [1.807, 2.05) is 0 Å². The lowest BCUT2D eigenvalue weighted by molar-refractivity contribution is -0.153. The zero-order chi connectivity index (χ0) is 17.6. The molecule has 6 nitrogen and oxygen atoms in total. The number of carbonyl (C=O) groups excluding carboxylic acids is 3. The highest BCUT2D eigenvalue weighted by Crippen LogP contribution is 2.49. The first-order valence-electron chi connectivity index (χ1n) is 7.82. The molecule has 24 heavy (non-hydrogen) atoms. The highest BCUT2D eigenvalue weighted by molar-refractivity contribution is 6.09. The maximum atomic E-state index is 14.3. The predicted molar refractivity (Wildman–Crippen MR) is 82.1 cm³/mol. The van der Waals surface area contributed by atoms with E-state index in [-0.39, 0.29) is 18.0 Å². The summed E-state index contributed by atoms with van der Waals surface area (Å²) in [5.74, 6) is -3.69. The molecule has 2 saturated heterocycles. The number of hydrogen-bond donors (Lipinski definition) is 1. The molecule has 1 aromatic rings. The number of likely N-dealkylation sites (tertiary alicyclic amines) is 1. The average molecular weight is 334 g/mol. The highest BCUT2D eigenvalue weighted by atomic mass is 19.1. The van der Waals surface area contributed by atoms with E-state index in [0.717, 1.165) is 4.90 Å². The molecule has 0 saturated carbocycles. The Morgan fingerprint density at radius 2 is 2.00 bits per heavy atom. The molecule has 2 aliphatic rings. The van der Waals surface area contributed by atoms with Gasteiger partial charge in [-0.05, 0) is 19.9 Å². The number of ether oxygens (including phenoxy) is 1. The SMILES string of the molecule is CCN1C(=O)[C@H]2[C@@H](C1=O)[C@@](C)(C(=O)OC)N[C@H]2c1ccccc1F. The van der Waals surface area contributed by atoms with Crippen molar-refractivity contribution in [1.29, 1.82) is 0 Å². The minimum absolute atomic E-state index is 0.214. The summed E-state index contributed by atoms with van der Waals surface area (Å²) < 4.78 is 19.1. The molecule has 0 aromatic heterocycles. The number of esters is 1. The molecular weight excluding hydrogens is 315 g/mol. The second kappa shape index (κ2) is 5.66. The number of nitrogens with one attached hydrogen (secondary N) is 1. The van der Waals surface area contributed by atoms with Crippen LogP contribution in [0.1, 0.15) is 25.5 Å². The molecule has 0 spiro atoms. The lowest BCUT2D eigenvalue weighted by Gasteiger charge is -2.28. The molecule has 0 radical (unpaired) electrons. The quantitative estimate of drug-likeness (QED) is 0.660. The van der Waals surface area contributed by atoms with Crippen molar-refractivity contribution in [3.63, 3.8) is 0 Å². The molecule has 2 aliphatic heterocycles. The number of imide groups is 1. The van der Waals surface area contributed by atoms with Crippen molar-refractivity contribution < 1.29 is 23.5 Å². The molecule has 3 rings (SSSR count). The Hall–Kier alpha value is -2.28. The van der Waals surface area contributed by atoms with E-state index in [4.69, 9.17) is 4.74 Å². The number of fused-ring (bicyclic) bond motifs is 1. The number of rotatable bonds is 3. The lowest BCUT2D eigenvalue weighted by atomic mass is 9.80. The van der Waals surface area contributed by atoms with Gasteiger partial charge in [0.15, 0.2) is 0 Å². The molecule has 0 aliphatic carbocycles. The van der Waals surface area contributed by atoms with E-state index >= 15 is 0 Å². The third-order valence-electron chi connectivity index (χ3n) is 5.04. The molecule has 1 aromatic carbocycles. The van der Waals surface area contributed by atoms with Crippen molar-refractivity contribution in [1.82, 2.24) is 10.2 Å². The lowest BCUT2D eigenvalue weighted by Crippen LogP contribution is -2.54. The fraction of sp³-hybridized carbons (Fsp3) is 0.471. The molecule has 4 atom stereocenters. The minimum Gasteiger partial charge on any atom is -0.468 e. The number of halogens is 1. The van der Waals surface area contributed by atoms with Gasteiger partial charge in [-0.2, -0.15) is 0 Å². The van der Waals surface area contributed by atoms with Crippen LogP contribution in [0.3, 0.4) is 0 Å². The van der Waals surface area contributed by atoms with Gasteiger partial charge in [-0.3, -0.25) is 24.6 Å². The third kappa shape index (κ3) is 2.07. The van der Waals surface area contributed by atoms with E-state index in [1.165, 1.54) is 20.1 Å². The number of amides is 2. The van der Waals surface area contributed by atoms with Gasteiger partial charge < -0.3 is 4.74 Å². The molecule has 0 bridgehead atoms. The van der Waals surface area contributed by atoms with E-state index < -0.39 is 41.1 Å². The van der Waals surface area contributed by atoms with Gasteiger partial charge in [-0.1, -0.05) is 18.2 Å². The van der Waals surface area contributed by atoms with Gasteiger partial charge in [0.25, 0.3) is 0 Å². The van der Waals surface area contributed by atoms with Crippen LogP contribution in [0, 0.1) is 17.7 Å². The van der Waals surface area contributed by atoms with Crippen molar-refractivity contribution >= 4 is 17.8 Å². The van der Waals surface area contributed by atoms with Gasteiger partial charge >= 0.3 is 5.97 Å².